The lowest BCUT2D eigenvalue weighted by molar-refractivity contribution is 0.179. The monoisotopic (exact) mass is 210 g/mol. The number of rotatable bonds is 3. The van der Waals surface area contributed by atoms with Crippen molar-refractivity contribution in [1.82, 2.24) is 9.78 Å². The molecular weight excluding hydrogens is 188 g/mol. The first-order valence-electron chi connectivity index (χ1n) is 5.44. The maximum absolute atomic E-state index is 5.11. The average molecular weight is 210 g/mol. The second-order valence-corrected chi connectivity index (χ2v) is 5.23. The molecule has 15 heavy (non-hydrogen) atoms. The third-order valence-corrected chi connectivity index (χ3v) is 2.31. The van der Waals surface area contributed by atoms with E-state index in [1.807, 2.05) is 0 Å². The Hall–Kier alpha value is -0.830. The number of hydrogen-bond acceptors (Lipinski definition) is 2. The van der Waals surface area contributed by atoms with Crippen molar-refractivity contribution in [2.24, 2.45) is 0 Å². The van der Waals surface area contributed by atoms with Crippen LogP contribution in [0.4, 0.5) is 0 Å². The quantitative estimate of drug-likeness (QED) is 0.767. The van der Waals surface area contributed by atoms with Gasteiger partial charge in [0.05, 0.1) is 17.8 Å². The summed E-state index contributed by atoms with van der Waals surface area (Å²) in [5.74, 6) is 0.488. The second-order valence-electron chi connectivity index (χ2n) is 5.23. The molecule has 0 aliphatic carbocycles. The van der Waals surface area contributed by atoms with E-state index in [0.717, 1.165) is 5.69 Å². The molecule has 0 atom stereocenters. The van der Waals surface area contributed by atoms with Crippen LogP contribution in [0.1, 0.15) is 51.9 Å². The van der Waals surface area contributed by atoms with Crippen LogP contribution < -0.4 is 0 Å². The molecule has 0 aliphatic rings. The van der Waals surface area contributed by atoms with E-state index in [1.54, 1.807) is 7.11 Å². The molecular formula is C12H22N2O. The Morgan fingerprint density at radius 3 is 2.33 bits per heavy atom. The average Bonchev–Trinajstić information content (AvgIpc) is 2.48. The van der Waals surface area contributed by atoms with Crippen molar-refractivity contribution in [3.63, 3.8) is 0 Å². The molecule has 1 aromatic rings. The van der Waals surface area contributed by atoms with Crippen molar-refractivity contribution in [2.45, 2.75) is 52.7 Å². The summed E-state index contributed by atoms with van der Waals surface area (Å²) in [6.07, 6.45) is 0. The molecule has 3 heteroatoms. The van der Waals surface area contributed by atoms with Gasteiger partial charge in [0.15, 0.2) is 0 Å². The molecule has 0 unspecified atom stereocenters. The second kappa shape index (κ2) is 4.35. The summed E-state index contributed by atoms with van der Waals surface area (Å²) in [7, 11) is 1.70. The van der Waals surface area contributed by atoms with Gasteiger partial charge in [0.25, 0.3) is 0 Å². The van der Waals surface area contributed by atoms with E-state index in [0.29, 0.717) is 12.5 Å². The maximum Gasteiger partial charge on any atom is 0.0902 e. The van der Waals surface area contributed by atoms with Gasteiger partial charge in [-0.1, -0.05) is 13.8 Å². The van der Waals surface area contributed by atoms with Crippen molar-refractivity contribution >= 4 is 0 Å². The van der Waals surface area contributed by atoms with Crippen LogP contribution in [0.15, 0.2) is 6.07 Å². The Morgan fingerprint density at radius 2 is 2.00 bits per heavy atom. The molecule has 0 N–H and O–H groups in total. The van der Waals surface area contributed by atoms with Crippen LogP contribution in [0.25, 0.3) is 0 Å². The molecule has 0 spiro atoms. The minimum Gasteiger partial charge on any atom is -0.378 e. The smallest absolute Gasteiger partial charge is 0.0902 e. The van der Waals surface area contributed by atoms with Crippen LogP contribution in [0.5, 0.6) is 0 Å². The summed E-state index contributed by atoms with van der Waals surface area (Å²) in [6, 6.07) is 2.14. The molecule has 0 aliphatic heterocycles. The van der Waals surface area contributed by atoms with Gasteiger partial charge in [-0.25, -0.2) is 0 Å². The summed E-state index contributed by atoms with van der Waals surface area (Å²) >= 11 is 0. The molecule has 0 radical (unpaired) electrons. The number of nitrogens with zero attached hydrogens (tertiary/aromatic N) is 2. The topological polar surface area (TPSA) is 27.1 Å². The van der Waals surface area contributed by atoms with Gasteiger partial charge in [0.2, 0.25) is 0 Å². The Bertz CT molecular complexity index is 321. The number of ether oxygens (including phenoxy) is 1. The third-order valence-electron chi connectivity index (χ3n) is 2.31. The highest BCUT2D eigenvalue weighted by atomic mass is 16.5. The Morgan fingerprint density at radius 1 is 1.40 bits per heavy atom. The van der Waals surface area contributed by atoms with Crippen LogP contribution >= 0.6 is 0 Å². The van der Waals surface area contributed by atoms with Gasteiger partial charge < -0.3 is 4.74 Å². The SMILES string of the molecule is COCc1cc(C(C)C)n(C(C)(C)C)n1. The fourth-order valence-electron chi connectivity index (χ4n) is 1.61. The summed E-state index contributed by atoms with van der Waals surface area (Å²) < 4.78 is 7.22. The van der Waals surface area contributed by atoms with E-state index in [1.165, 1.54) is 5.69 Å². The molecule has 0 aromatic carbocycles. The van der Waals surface area contributed by atoms with Gasteiger partial charge in [0, 0.05) is 12.8 Å². The normalized spacial score (nSPS) is 12.5. The zero-order valence-electron chi connectivity index (χ0n) is 10.7. The van der Waals surface area contributed by atoms with E-state index < -0.39 is 0 Å². The van der Waals surface area contributed by atoms with Gasteiger partial charge in [-0.2, -0.15) is 5.10 Å². The van der Waals surface area contributed by atoms with Crippen molar-refractivity contribution in [3.8, 4) is 0 Å². The molecule has 0 saturated carbocycles. The molecule has 3 nitrogen and oxygen atoms in total. The fraction of sp³-hybridized carbons (Fsp3) is 0.750. The Balaban J connectivity index is 3.12. The van der Waals surface area contributed by atoms with Crippen LogP contribution in [0.3, 0.4) is 0 Å². The first kappa shape index (κ1) is 12.2. The number of methoxy groups -OCH3 is 1. The van der Waals surface area contributed by atoms with E-state index >= 15 is 0 Å². The fourth-order valence-corrected chi connectivity index (χ4v) is 1.61. The molecule has 86 valence electrons. The Labute approximate surface area is 92.4 Å². The van der Waals surface area contributed by atoms with Crippen molar-refractivity contribution < 1.29 is 4.74 Å². The number of hydrogen-bond donors (Lipinski definition) is 0. The first-order valence-corrected chi connectivity index (χ1v) is 5.44. The third kappa shape index (κ3) is 2.81. The first-order chi connectivity index (χ1) is 6.86. The summed E-state index contributed by atoms with van der Waals surface area (Å²) in [5, 5.41) is 4.58. The molecule has 0 amide bonds. The molecule has 1 heterocycles. The lowest BCUT2D eigenvalue weighted by Crippen LogP contribution is -2.25. The minimum atomic E-state index is 0.0333. The van der Waals surface area contributed by atoms with Gasteiger partial charge in [-0.05, 0) is 32.8 Å². The summed E-state index contributed by atoms with van der Waals surface area (Å²) in [6.45, 7) is 11.5. The van der Waals surface area contributed by atoms with E-state index in [9.17, 15) is 0 Å². The van der Waals surface area contributed by atoms with Gasteiger partial charge in [-0.3, -0.25) is 4.68 Å². The van der Waals surface area contributed by atoms with Gasteiger partial charge >= 0.3 is 0 Å². The molecule has 1 rings (SSSR count). The largest absolute Gasteiger partial charge is 0.378 e. The molecule has 0 bridgehead atoms. The highest BCUT2D eigenvalue weighted by molar-refractivity contribution is 5.15. The van der Waals surface area contributed by atoms with Crippen molar-refractivity contribution in [1.29, 1.82) is 0 Å². The van der Waals surface area contributed by atoms with Crippen molar-refractivity contribution in [2.75, 3.05) is 7.11 Å². The van der Waals surface area contributed by atoms with Crippen LogP contribution in [-0.2, 0) is 16.9 Å². The number of aromatic nitrogens is 2. The lowest BCUT2D eigenvalue weighted by Gasteiger charge is -2.23. The van der Waals surface area contributed by atoms with Crippen LogP contribution in [0, 0.1) is 0 Å². The van der Waals surface area contributed by atoms with Crippen molar-refractivity contribution in [3.05, 3.63) is 17.5 Å². The summed E-state index contributed by atoms with van der Waals surface area (Å²) in [5.41, 5.74) is 2.32. The predicted octanol–water partition coefficient (Wildman–Crippen LogP) is 2.91. The van der Waals surface area contributed by atoms with Crippen LogP contribution in [0.2, 0.25) is 0 Å². The predicted molar refractivity (Wildman–Crippen MR) is 62.0 cm³/mol. The maximum atomic E-state index is 5.11. The standard InChI is InChI=1S/C12H22N2O/c1-9(2)11-7-10(8-15-6)13-14(11)12(3,4)5/h7,9H,8H2,1-6H3. The zero-order valence-corrected chi connectivity index (χ0v) is 10.7. The zero-order chi connectivity index (χ0) is 11.6. The highest BCUT2D eigenvalue weighted by Crippen LogP contribution is 2.23. The van der Waals surface area contributed by atoms with E-state index in [-0.39, 0.29) is 5.54 Å². The Kier molecular flexibility index (Phi) is 3.55. The molecule has 0 fully saturated rings. The van der Waals surface area contributed by atoms with Gasteiger partial charge in [0.1, 0.15) is 0 Å². The van der Waals surface area contributed by atoms with Crippen LogP contribution in [-0.4, -0.2) is 16.9 Å². The summed E-state index contributed by atoms with van der Waals surface area (Å²) in [4.78, 5) is 0. The highest BCUT2D eigenvalue weighted by Gasteiger charge is 2.20. The van der Waals surface area contributed by atoms with E-state index in [4.69, 9.17) is 4.74 Å². The molecule has 1 aromatic heterocycles. The molecule has 0 saturated heterocycles. The van der Waals surface area contributed by atoms with Gasteiger partial charge in [-0.15, -0.1) is 0 Å². The lowest BCUT2D eigenvalue weighted by atomic mass is 10.1. The van der Waals surface area contributed by atoms with E-state index in [2.05, 4.69) is 50.5 Å². The minimum absolute atomic E-state index is 0.0333.